The van der Waals surface area contributed by atoms with Crippen LogP contribution >= 0.6 is 8.60 Å². The Morgan fingerprint density at radius 1 is 0.929 bits per heavy atom. The van der Waals surface area contributed by atoms with Crippen molar-refractivity contribution in [2.24, 2.45) is 0 Å². The Balaban J connectivity index is 3.61. The third kappa shape index (κ3) is 20.4. The standard InChI is InChI=1S/C20H42NO6P/c1-5-6-7-8-11-14-25-15-12-9-10-13-16-26-28(24)27-19(17-20(22)23)18-21(2,3)4/h19,24H,5-18H2,1-4H3/p+1/t19?,28-/m1/s1. The van der Waals surface area contributed by atoms with Gasteiger partial charge in [-0.25, -0.2) is 0 Å². The van der Waals surface area contributed by atoms with Crippen molar-refractivity contribution in [1.29, 1.82) is 0 Å². The molecule has 0 heterocycles. The van der Waals surface area contributed by atoms with Crippen LogP contribution in [0.2, 0.25) is 0 Å². The number of aliphatic carboxylic acids is 1. The molecule has 0 spiro atoms. The third-order valence-electron chi connectivity index (χ3n) is 4.17. The highest BCUT2D eigenvalue weighted by Gasteiger charge is 2.25. The minimum absolute atomic E-state index is 0.142. The van der Waals surface area contributed by atoms with Crippen LogP contribution in [0, 0.1) is 0 Å². The Morgan fingerprint density at radius 2 is 1.46 bits per heavy atom. The van der Waals surface area contributed by atoms with Crippen molar-refractivity contribution in [3.8, 4) is 0 Å². The molecule has 7 nitrogen and oxygen atoms in total. The van der Waals surface area contributed by atoms with E-state index in [-0.39, 0.29) is 6.42 Å². The summed E-state index contributed by atoms with van der Waals surface area (Å²) in [6, 6.07) is 0. The number of hydrogen-bond acceptors (Lipinski definition) is 5. The molecule has 2 atom stereocenters. The van der Waals surface area contributed by atoms with Crippen molar-refractivity contribution in [2.45, 2.75) is 77.2 Å². The van der Waals surface area contributed by atoms with Crippen molar-refractivity contribution in [3.63, 3.8) is 0 Å². The summed E-state index contributed by atoms with van der Waals surface area (Å²) in [6.07, 6.45) is 9.60. The first-order chi connectivity index (χ1) is 13.2. The molecular formula is C20H43NO6P+. The number of unbranched alkanes of at least 4 members (excludes halogenated alkanes) is 7. The number of quaternary nitrogens is 1. The molecule has 0 aliphatic carbocycles. The van der Waals surface area contributed by atoms with Crippen LogP contribution in [0.5, 0.6) is 0 Å². The van der Waals surface area contributed by atoms with Gasteiger partial charge in [0.1, 0.15) is 12.6 Å². The Bertz CT molecular complexity index is 378. The van der Waals surface area contributed by atoms with Crippen molar-refractivity contribution < 1.29 is 33.1 Å². The Morgan fingerprint density at radius 3 is 1.96 bits per heavy atom. The molecule has 0 fully saturated rings. The molecule has 0 radical (unpaired) electrons. The van der Waals surface area contributed by atoms with E-state index in [1.165, 1.54) is 25.7 Å². The lowest BCUT2D eigenvalue weighted by molar-refractivity contribution is -0.873. The number of rotatable bonds is 20. The fourth-order valence-corrected chi connectivity index (χ4v) is 3.55. The van der Waals surface area contributed by atoms with E-state index in [0.717, 1.165) is 45.3 Å². The van der Waals surface area contributed by atoms with Crippen LogP contribution in [0.4, 0.5) is 0 Å². The Hall–Kier alpha value is -0.300. The molecule has 1 unspecified atom stereocenters. The molecule has 2 N–H and O–H groups in total. The molecule has 28 heavy (non-hydrogen) atoms. The molecule has 0 rings (SSSR count). The van der Waals surface area contributed by atoms with Crippen LogP contribution in [0.1, 0.15) is 71.1 Å². The largest absolute Gasteiger partial charge is 0.481 e. The Kier molecular flexibility index (Phi) is 17.4. The zero-order valence-electron chi connectivity index (χ0n) is 18.4. The molecule has 0 aromatic carbocycles. The van der Waals surface area contributed by atoms with Gasteiger partial charge in [0.2, 0.25) is 0 Å². The number of carboxylic acid groups (broad SMARTS) is 1. The molecule has 0 aliphatic rings. The van der Waals surface area contributed by atoms with E-state index in [1.807, 2.05) is 21.1 Å². The van der Waals surface area contributed by atoms with Crippen LogP contribution in [0.15, 0.2) is 0 Å². The van der Waals surface area contributed by atoms with Crippen molar-refractivity contribution in [1.82, 2.24) is 0 Å². The highest BCUT2D eigenvalue weighted by atomic mass is 31.2. The maximum atomic E-state index is 11.0. The van der Waals surface area contributed by atoms with E-state index in [0.29, 0.717) is 17.6 Å². The van der Waals surface area contributed by atoms with E-state index in [9.17, 15) is 9.69 Å². The van der Waals surface area contributed by atoms with Gasteiger partial charge in [0.15, 0.2) is 0 Å². The summed E-state index contributed by atoms with van der Waals surface area (Å²) in [6.45, 7) is 4.81. The van der Waals surface area contributed by atoms with Crippen LogP contribution in [0.3, 0.4) is 0 Å². The molecular weight excluding hydrogens is 381 g/mol. The summed E-state index contributed by atoms with van der Waals surface area (Å²) >= 11 is 0. The van der Waals surface area contributed by atoms with Gasteiger partial charge in [-0.05, 0) is 19.3 Å². The second-order valence-corrected chi connectivity index (χ2v) is 9.25. The number of carboxylic acids is 1. The smallest absolute Gasteiger partial charge is 0.330 e. The van der Waals surface area contributed by atoms with Gasteiger partial charge < -0.3 is 28.3 Å². The molecule has 8 heteroatoms. The quantitative estimate of drug-likeness (QED) is 0.172. The van der Waals surface area contributed by atoms with Gasteiger partial charge in [-0.1, -0.05) is 45.4 Å². The average Bonchev–Trinajstić information content (AvgIpc) is 2.56. The SMILES string of the molecule is CCCCCCCOCCCCCCO[P@@](O)OC(CC(=O)O)C[N+](C)(C)C. The van der Waals surface area contributed by atoms with E-state index < -0.39 is 20.7 Å². The van der Waals surface area contributed by atoms with Crippen LogP contribution < -0.4 is 0 Å². The fourth-order valence-electron chi connectivity index (χ4n) is 2.81. The zero-order chi connectivity index (χ0) is 21.3. The fraction of sp³-hybridized carbons (Fsp3) is 0.950. The molecule has 168 valence electrons. The minimum atomic E-state index is -2.04. The topological polar surface area (TPSA) is 85.2 Å². The lowest BCUT2D eigenvalue weighted by Gasteiger charge is -2.29. The zero-order valence-corrected chi connectivity index (χ0v) is 19.3. The average molecular weight is 425 g/mol. The molecule has 0 saturated heterocycles. The molecule has 0 saturated carbocycles. The van der Waals surface area contributed by atoms with Crippen molar-refractivity contribution in [2.75, 3.05) is 47.5 Å². The normalized spacial score (nSPS) is 14.2. The van der Waals surface area contributed by atoms with Gasteiger partial charge in [-0.3, -0.25) is 4.79 Å². The molecule has 0 aromatic heterocycles. The highest BCUT2D eigenvalue weighted by molar-refractivity contribution is 7.40. The summed E-state index contributed by atoms with van der Waals surface area (Å²) in [5, 5.41) is 8.98. The van der Waals surface area contributed by atoms with E-state index in [1.54, 1.807) is 0 Å². The minimum Gasteiger partial charge on any atom is -0.481 e. The lowest BCUT2D eigenvalue weighted by atomic mass is 10.2. The van der Waals surface area contributed by atoms with Gasteiger partial charge >= 0.3 is 14.6 Å². The van der Waals surface area contributed by atoms with Gasteiger partial charge in [0, 0.05) is 13.2 Å². The summed E-state index contributed by atoms with van der Waals surface area (Å²) < 4.78 is 16.9. The van der Waals surface area contributed by atoms with E-state index >= 15 is 0 Å². The van der Waals surface area contributed by atoms with Crippen LogP contribution in [-0.4, -0.2) is 74.1 Å². The predicted molar refractivity (Wildman–Crippen MR) is 113 cm³/mol. The summed E-state index contributed by atoms with van der Waals surface area (Å²) in [5.41, 5.74) is 0. The molecule has 0 aromatic rings. The Labute approximate surface area is 172 Å². The maximum absolute atomic E-state index is 11.0. The third-order valence-corrected chi connectivity index (χ3v) is 5.05. The van der Waals surface area contributed by atoms with Gasteiger partial charge in [-0.15, -0.1) is 0 Å². The summed E-state index contributed by atoms with van der Waals surface area (Å²) in [5.74, 6) is -0.940. The van der Waals surface area contributed by atoms with Crippen LogP contribution in [-0.2, 0) is 18.6 Å². The second-order valence-electron chi connectivity index (χ2n) is 8.31. The number of likely N-dealkylation sites (N-methyl/N-ethyl adjacent to an activating group) is 1. The van der Waals surface area contributed by atoms with Crippen molar-refractivity contribution >= 4 is 14.6 Å². The highest BCUT2D eigenvalue weighted by Crippen LogP contribution is 2.36. The molecule has 0 amide bonds. The monoisotopic (exact) mass is 424 g/mol. The predicted octanol–water partition coefficient (Wildman–Crippen LogP) is 4.34. The molecule has 0 aliphatic heterocycles. The summed E-state index contributed by atoms with van der Waals surface area (Å²) in [4.78, 5) is 20.9. The van der Waals surface area contributed by atoms with E-state index in [4.69, 9.17) is 18.9 Å². The number of ether oxygens (including phenoxy) is 1. The van der Waals surface area contributed by atoms with Gasteiger partial charge in [0.25, 0.3) is 0 Å². The lowest BCUT2D eigenvalue weighted by Crippen LogP contribution is -2.42. The van der Waals surface area contributed by atoms with E-state index in [2.05, 4.69) is 6.92 Å². The first kappa shape index (κ1) is 27.7. The maximum Gasteiger partial charge on any atom is 0.330 e. The molecule has 0 bridgehead atoms. The number of carbonyl (C=O) groups is 1. The van der Waals surface area contributed by atoms with Crippen LogP contribution in [0.25, 0.3) is 0 Å². The number of nitrogens with zero attached hydrogens (tertiary/aromatic N) is 1. The number of hydrogen-bond donors (Lipinski definition) is 2. The van der Waals surface area contributed by atoms with Crippen molar-refractivity contribution in [3.05, 3.63) is 0 Å². The first-order valence-corrected chi connectivity index (χ1v) is 11.8. The van der Waals surface area contributed by atoms with Gasteiger partial charge in [-0.2, -0.15) is 0 Å². The summed E-state index contributed by atoms with van der Waals surface area (Å²) in [7, 11) is 3.82. The van der Waals surface area contributed by atoms with Gasteiger partial charge in [0.05, 0.1) is 34.2 Å². The first-order valence-electron chi connectivity index (χ1n) is 10.6. The second kappa shape index (κ2) is 17.5.